The second kappa shape index (κ2) is 5.57. The molecule has 1 aromatic rings. The molecule has 5 heteroatoms. The van der Waals surface area contributed by atoms with Gasteiger partial charge in [0, 0.05) is 25.1 Å². The normalized spacial score (nSPS) is 22.5. The van der Waals surface area contributed by atoms with E-state index in [9.17, 15) is 0 Å². The highest BCUT2D eigenvalue weighted by Crippen LogP contribution is 2.39. The van der Waals surface area contributed by atoms with Crippen LogP contribution < -0.4 is 10.6 Å². The van der Waals surface area contributed by atoms with Gasteiger partial charge in [0.25, 0.3) is 0 Å². The highest BCUT2D eigenvalue weighted by Gasteiger charge is 2.28. The van der Waals surface area contributed by atoms with Crippen molar-refractivity contribution in [2.75, 3.05) is 35.7 Å². The lowest BCUT2D eigenvalue weighted by atomic mass is 10.1. The standard InChI is InChI=1S/C14H22N4S/c1-9-12(15-2)17-14(11-3-4-11)18-13(9)16-7-10-5-6-19-8-10/h10-11H,3-8H2,1-2H3,(H2,15,16,17,18). The van der Waals surface area contributed by atoms with E-state index in [-0.39, 0.29) is 0 Å². The van der Waals surface area contributed by atoms with E-state index in [1.165, 1.54) is 30.8 Å². The maximum absolute atomic E-state index is 4.73. The minimum absolute atomic E-state index is 0.593. The van der Waals surface area contributed by atoms with Gasteiger partial charge in [0.05, 0.1) is 0 Å². The third-order valence-corrected chi connectivity index (χ3v) is 5.16. The minimum atomic E-state index is 0.593. The molecule has 0 radical (unpaired) electrons. The van der Waals surface area contributed by atoms with Gasteiger partial charge in [-0.25, -0.2) is 9.97 Å². The Morgan fingerprint density at radius 1 is 1.21 bits per heavy atom. The number of hydrogen-bond donors (Lipinski definition) is 2. The Bertz CT molecular complexity index is 453. The second-order valence-electron chi connectivity index (χ2n) is 5.54. The van der Waals surface area contributed by atoms with E-state index in [2.05, 4.69) is 34.3 Å². The van der Waals surface area contributed by atoms with Gasteiger partial charge < -0.3 is 10.6 Å². The maximum Gasteiger partial charge on any atom is 0.136 e. The van der Waals surface area contributed by atoms with Crippen molar-refractivity contribution in [2.45, 2.75) is 32.1 Å². The van der Waals surface area contributed by atoms with Crippen LogP contribution in [0.5, 0.6) is 0 Å². The molecule has 0 amide bonds. The maximum atomic E-state index is 4.73. The van der Waals surface area contributed by atoms with E-state index in [4.69, 9.17) is 4.98 Å². The molecule has 19 heavy (non-hydrogen) atoms. The first-order chi connectivity index (χ1) is 9.28. The smallest absolute Gasteiger partial charge is 0.136 e. The number of anilines is 2. The van der Waals surface area contributed by atoms with Crippen molar-refractivity contribution in [1.82, 2.24) is 9.97 Å². The molecule has 2 heterocycles. The molecule has 1 atom stereocenters. The van der Waals surface area contributed by atoms with E-state index in [1.54, 1.807) is 0 Å². The van der Waals surface area contributed by atoms with Crippen LogP contribution in [0.3, 0.4) is 0 Å². The van der Waals surface area contributed by atoms with Crippen LogP contribution in [-0.2, 0) is 0 Å². The van der Waals surface area contributed by atoms with Gasteiger partial charge in [0.2, 0.25) is 0 Å². The number of aromatic nitrogens is 2. The molecule has 0 spiro atoms. The number of nitrogens with zero attached hydrogens (tertiary/aromatic N) is 2. The van der Waals surface area contributed by atoms with Crippen molar-refractivity contribution >= 4 is 23.4 Å². The molecule has 3 rings (SSSR count). The zero-order valence-corrected chi connectivity index (χ0v) is 12.5. The molecule has 1 unspecified atom stereocenters. The van der Waals surface area contributed by atoms with Crippen LogP contribution >= 0.6 is 11.8 Å². The van der Waals surface area contributed by atoms with Crippen LogP contribution in [0.15, 0.2) is 0 Å². The number of nitrogens with one attached hydrogen (secondary N) is 2. The lowest BCUT2D eigenvalue weighted by molar-refractivity contribution is 0.629. The summed E-state index contributed by atoms with van der Waals surface area (Å²) in [5.41, 5.74) is 1.14. The van der Waals surface area contributed by atoms with Crippen LogP contribution in [0, 0.1) is 12.8 Å². The molecule has 2 fully saturated rings. The lowest BCUT2D eigenvalue weighted by Crippen LogP contribution is -2.16. The predicted molar refractivity (Wildman–Crippen MR) is 82.2 cm³/mol. The van der Waals surface area contributed by atoms with E-state index in [0.717, 1.165) is 35.5 Å². The van der Waals surface area contributed by atoms with Crippen molar-refractivity contribution in [1.29, 1.82) is 0 Å². The first-order valence-corrected chi connectivity index (χ1v) is 8.31. The van der Waals surface area contributed by atoms with Crippen LogP contribution in [0.2, 0.25) is 0 Å². The summed E-state index contributed by atoms with van der Waals surface area (Å²) in [4.78, 5) is 9.36. The summed E-state index contributed by atoms with van der Waals surface area (Å²) in [5, 5.41) is 6.74. The van der Waals surface area contributed by atoms with Gasteiger partial charge >= 0.3 is 0 Å². The number of thioether (sulfide) groups is 1. The monoisotopic (exact) mass is 278 g/mol. The lowest BCUT2D eigenvalue weighted by Gasteiger charge is -2.15. The summed E-state index contributed by atoms with van der Waals surface area (Å²) >= 11 is 2.06. The summed E-state index contributed by atoms with van der Waals surface area (Å²) in [6.07, 6.45) is 3.81. The Balaban J connectivity index is 1.75. The van der Waals surface area contributed by atoms with E-state index >= 15 is 0 Å². The van der Waals surface area contributed by atoms with E-state index in [1.807, 2.05) is 7.05 Å². The molecule has 1 aliphatic carbocycles. The molecule has 1 saturated carbocycles. The molecule has 2 N–H and O–H groups in total. The van der Waals surface area contributed by atoms with Gasteiger partial charge in [0.1, 0.15) is 17.5 Å². The van der Waals surface area contributed by atoms with Gasteiger partial charge in [-0.1, -0.05) is 0 Å². The minimum Gasteiger partial charge on any atom is -0.373 e. The molecule has 4 nitrogen and oxygen atoms in total. The summed E-state index contributed by atoms with van der Waals surface area (Å²) in [7, 11) is 1.93. The van der Waals surface area contributed by atoms with Crippen molar-refractivity contribution in [3.63, 3.8) is 0 Å². The van der Waals surface area contributed by atoms with Crippen LogP contribution in [0.4, 0.5) is 11.6 Å². The Morgan fingerprint density at radius 3 is 2.63 bits per heavy atom. The first-order valence-electron chi connectivity index (χ1n) is 7.16. The summed E-state index contributed by atoms with van der Waals surface area (Å²) in [6, 6.07) is 0. The van der Waals surface area contributed by atoms with Crippen LogP contribution in [0.1, 0.15) is 36.6 Å². The van der Waals surface area contributed by atoms with Gasteiger partial charge in [-0.05, 0) is 43.6 Å². The van der Waals surface area contributed by atoms with Crippen molar-refractivity contribution in [3.8, 4) is 0 Å². The highest BCUT2D eigenvalue weighted by atomic mass is 32.2. The van der Waals surface area contributed by atoms with Crippen LogP contribution in [0.25, 0.3) is 0 Å². The second-order valence-corrected chi connectivity index (χ2v) is 6.69. The highest BCUT2D eigenvalue weighted by molar-refractivity contribution is 7.99. The third kappa shape index (κ3) is 2.96. The molecular formula is C14H22N4S. The van der Waals surface area contributed by atoms with Crippen molar-refractivity contribution in [3.05, 3.63) is 11.4 Å². The van der Waals surface area contributed by atoms with Gasteiger partial charge in [-0.15, -0.1) is 0 Å². The van der Waals surface area contributed by atoms with Crippen molar-refractivity contribution < 1.29 is 0 Å². The quantitative estimate of drug-likeness (QED) is 0.867. The number of hydrogen-bond acceptors (Lipinski definition) is 5. The molecule has 0 bridgehead atoms. The fourth-order valence-electron chi connectivity index (χ4n) is 2.46. The SMILES string of the molecule is CNc1nc(C2CC2)nc(NCC2CCSC2)c1C. The molecule has 104 valence electrons. The first kappa shape index (κ1) is 13.0. The summed E-state index contributed by atoms with van der Waals surface area (Å²) < 4.78 is 0. The number of rotatable bonds is 5. The Morgan fingerprint density at radius 2 is 2.00 bits per heavy atom. The van der Waals surface area contributed by atoms with Crippen molar-refractivity contribution in [2.24, 2.45) is 5.92 Å². The molecule has 2 aliphatic rings. The fraction of sp³-hybridized carbons (Fsp3) is 0.714. The Kier molecular flexibility index (Phi) is 3.82. The Labute approximate surface area is 119 Å². The summed E-state index contributed by atoms with van der Waals surface area (Å²) in [6.45, 7) is 3.13. The predicted octanol–water partition coefficient (Wildman–Crippen LogP) is 2.87. The van der Waals surface area contributed by atoms with Gasteiger partial charge in [-0.2, -0.15) is 11.8 Å². The van der Waals surface area contributed by atoms with Gasteiger partial charge in [-0.3, -0.25) is 0 Å². The molecule has 1 aromatic heterocycles. The Hall–Kier alpha value is -0.970. The molecular weight excluding hydrogens is 256 g/mol. The van der Waals surface area contributed by atoms with E-state index < -0.39 is 0 Å². The van der Waals surface area contributed by atoms with Gasteiger partial charge in [0.15, 0.2) is 0 Å². The zero-order chi connectivity index (χ0) is 13.2. The largest absolute Gasteiger partial charge is 0.373 e. The molecule has 0 aromatic carbocycles. The topological polar surface area (TPSA) is 49.8 Å². The average molecular weight is 278 g/mol. The molecule has 1 aliphatic heterocycles. The average Bonchev–Trinajstić information content (AvgIpc) is 3.14. The molecule has 1 saturated heterocycles. The third-order valence-electron chi connectivity index (χ3n) is 3.92. The zero-order valence-electron chi connectivity index (χ0n) is 11.7. The summed E-state index contributed by atoms with van der Waals surface area (Å²) in [5.74, 6) is 6.99. The fourth-order valence-corrected chi connectivity index (χ4v) is 3.74. The van der Waals surface area contributed by atoms with Crippen LogP contribution in [-0.4, -0.2) is 35.1 Å². The van der Waals surface area contributed by atoms with E-state index in [0.29, 0.717) is 5.92 Å².